The lowest BCUT2D eigenvalue weighted by Crippen LogP contribution is -2.29. The standard InChI is InChI=1S/C20H17NO7/c1-12(20(23)21-14-4-6-16-18(9-14)27-11-25-16)28-19(22)7-3-13-2-5-15-17(8-13)26-10-24-15/h2-9,12H,10-11H2,1H3,(H,21,23)/b7-3+/t12-/m1/s1. The summed E-state index contributed by atoms with van der Waals surface area (Å²) in [5.41, 5.74) is 1.27. The second kappa shape index (κ2) is 7.51. The van der Waals surface area contributed by atoms with Gasteiger partial charge in [-0.3, -0.25) is 4.79 Å². The molecule has 144 valence electrons. The predicted octanol–water partition coefficient (Wildman–Crippen LogP) is 2.73. The van der Waals surface area contributed by atoms with Gasteiger partial charge in [-0.25, -0.2) is 4.79 Å². The lowest BCUT2D eigenvalue weighted by Gasteiger charge is -2.12. The van der Waals surface area contributed by atoms with E-state index >= 15 is 0 Å². The number of carbonyl (C=O) groups is 2. The van der Waals surface area contributed by atoms with E-state index in [1.54, 1.807) is 42.5 Å². The van der Waals surface area contributed by atoms with Gasteiger partial charge in [0.1, 0.15) is 0 Å². The van der Waals surface area contributed by atoms with Crippen molar-refractivity contribution in [3.63, 3.8) is 0 Å². The van der Waals surface area contributed by atoms with Crippen molar-refractivity contribution in [1.29, 1.82) is 0 Å². The maximum atomic E-state index is 12.2. The van der Waals surface area contributed by atoms with E-state index in [2.05, 4.69) is 5.32 Å². The first-order valence-corrected chi connectivity index (χ1v) is 8.57. The molecule has 2 aromatic carbocycles. The lowest BCUT2D eigenvalue weighted by molar-refractivity contribution is -0.148. The van der Waals surface area contributed by atoms with E-state index < -0.39 is 18.0 Å². The van der Waals surface area contributed by atoms with Crippen LogP contribution in [0, 0.1) is 0 Å². The Labute approximate surface area is 160 Å². The van der Waals surface area contributed by atoms with Gasteiger partial charge in [0.05, 0.1) is 0 Å². The highest BCUT2D eigenvalue weighted by molar-refractivity contribution is 5.96. The fourth-order valence-corrected chi connectivity index (χ4v) is 2.67. The molecule has 0 fully saturated rings. The Morgan fingerprint density at radius 1 is 0.964 bits per heavy atom. The van der Waals surface area contributed by atoms with E-state index in [0.717, 1.165) is 5.56 Å². The summed E-state index contributed by atoms with van der Waals surface area (Å²) in [6.45, 7) is 1.83. The lowest BCUT2D eigenvalue weighted by atomic mass is 10.2. The topological polar surface area (TPSA) is 92.3 Å². The van der Waals surface area contributed by atoms with Crippen LogP contribution >= 0.6 is 0 Å². The van der Waals surface area contributed by atoms with Gasteiger partial charge in [0.2, 0.25) is 13.6 Å². The van der Waals surface area contributed by atoms with Gasteiger partial charge in [0, 0.05) is 17.8 Å². The van der Waals surface area contributed by atoms with Crippen molar-refractivity contribution >= 4 is 23.6 Å². The van der Waals surface area contributed by atoms with Crippen LogP contribution in [0.2, 0.25) is 0 Å². The van der Waals surface area contributed by atoms with Crippen LogP contribution in [0.15, 0.2) is 42.5 Å². The van der Waals surface area contributed by atoms with E-state index in [1.165, 1.54) is 13.0 Å². The molecule has 0 bridgehead atoms. The molecule has 0 aliphatic carbocycles. The molecule has 4 rings (SSSR count). The van der Waals surface area contributed by atoms with Gasteiger partial charge >= 0.3 is 5.97 Å². The van der Waals surface area contributed by atoms with E-state index in [0.29, 0.717) is 28.7 Å². The minimum Gasteiger partial charge on any atom is -0.454 e. The summed E-state index contributed by atoms with van der Waals surface area (Å²) in [5, 5.41) is 2.67. The zero-order valence-electron chi connectivity index (χ0n) is 15.0. The minimum absolute atomic E-state index is 0.149. The third kappa shape index (κ3) is 3.85. The number of rotatable bonds is 5. The van der Waals surface area contributed by atoms with Crippen molar-refractivity contribution in [1.82, 2.24) is 0 Å². The highest BCUT2D eigenvalue weighted by atomic mass is 16.7. The number of fused-ring (bicyclic) bond motifs is 2. The minimum atomic E-state index is -0.973. The molecule has 8 nitrogen and oxygen atoms in total. The zero-order valence-corrected chi connectivity index (χ0v) is 15.0. The highest BCUT2D eigenvalue weighted by Gasteiger charge is 2.19. The van der Waals surface area contributed by atoms with E-state index in [4.69, 9.17) is 23.7 Å². The van der Waals surface area contributed by atoms with Crippen LogP contribution in [-0.4, -0.2) is 31.6 Å². The molecule has 0 saturated carbocycles. The summed E-state index contributed by atoms with van der Waals surface area (Å²) in [7, 11) is 0. The summed E-state index contributed by atoms with van der Waals surface area (Å²) >= 11 is 0. The monoisotopic (exact) mass is 383 g/mol. The van der Waals surface area contributed by atoms with Gasteiger partial charge in [0.25, 0.3) is 5.91 Å². The molecule has 2 aliphatic heterocycles. The molecule has 0 saturated heterocycles. The second-order valence-electron chi connectivity index (χ2n) is 6.08. The maximum absolute atomic E-state index is 12.2. The number of hydrogen-bond acceptors (Lipinski definition) is 7. The SMILES string of the molecule is C[C@@H](OC(=O)/C=C/c1ccc2c(c1)OCO2)C(=O)Nc1ccc2c(c1)OCO2. The third-order valence-corrected chi connectivity index (χ3v) is 4.11. The summed E-state index contributed by atoms with van der Waals surface area (Å²) in [6.07, 6.45) is 1.86. The maximum Gasteiger partial charge on any atom is 0.331 e. The molecular weight excluding hydrogens is 366 g/mol. The summed E-state index contributed by atoms with van der Waals surface area (Å²) < 4.78 is 26.1. The van der Waals surface area contributed by atoms with Crippen molar-refractivity contribution in [2.45, 2.75) is 13.0 Å². The molecule has 2 aliphatic rings. The molecule has 2 aromatic rings. The Morgan fingerprint density at radius 2 is 1.61 bits per heavy atom. The number of nitrogens with one attached hydrogen (secondary N) is 1. The Kier molecular flexibility index (Phi) is 4.76. The smallest absolute Gasteiger partial charge is 0.331 e. The van der Waals surface area contributed by atoms with Crippen LogP contribution in [0.25, 0.3) is 6.08 Å². The fraction of sp³-hybridized carbons (Fsp3) is 0.200. The number of hydrogen-bond donors (Lipinski definition) is 1. The van der Waals surface area contributed by atoms with E-state index in [9.17, 15) is 9.59 Å². The third-order valence-electron chi connectivity index (χ3n) is 4.11. The number of carbonyl (C=O) groups excluding carboxylic acids is 2. The number of anilines is 1. The molecule has 0 unspecified atom stereocenters. The normalized spacial score (nSPS) is 14.8. The second-order valence-corrected chi connectivity index (χ2v) is 6.08. The molecule has 1 N–H and O–H groups in total. The molecule has 1 amide bonds. The zero-order chi connectivity index (χ0) is 19.5. The van der Waals surface area contributed by atoms with Gasteiger partial charge in [-0.2, -0.15) is 0 Å². The van der Waals surface area contributed by atoms with Crippen LogP contribution in [0.4, 0.5) is 5.69 Å². The van der Waals surface area contributed by atoms with Gasteiger partial charge < -0.3 is 29.0 Å². The van der Waals surface area contributed by atoms with Crippen molar-refractivity contribution in [2.75, 3.05) is 18.9 Å². The van der Waals surface area contributed by atoms with Crippen molar-refractivity contribution in [3.8, 4) is 23.0 Å². The van der Waals surface area contributed by atoms with Crippen LogP contribution in [-0.2, 0) is 14.3 Å². The molecular formula is C20H17NO7. The fourth-order valence-electron chi connectivity index (χ4n) is 2.67. The highest BCUT2D eigenvalue weighted by Crippen LogP contribution is 2.34. The van der Waals surface area contributed by atoms with Crippen LogP contribution in [0.1, 0.15) is 12.5 Å². The summed E-state index contributed by atoms with van der Waals surface area (Å²) in [5.74, 6) is 1.36. The molecule has 0 spiro atoms. The summed E-state index contributed by atoms with van der Waals surface area (Å²) in [4.78, 5) is 24.2. The van der Waals surface area contributed by atoms with Crippen molar-refractivity contribution in [2.24, 2.45) is 0 Å². The average Bonchev–Trinajstić information content (AvgIpc) is 3.34. The molecule has 28 heavy (non-hydrogen) atoms. The first kappa shape index (κ1) is 17.7. The van der Waals surface area contributed by atoms with E-state index in [1.807, 2.05) is 0 Å². The number of benzene rings is 2. The van der Waals surface area contributed by atoms with Crippen molar-refractivity contribution < 1.29 is 33.3 Å². The molecule has 0 aromatic heterocycles. The van der Waals surface area contributed by atoms with Gasteiger partial charge in [-0.05, 0) is 42.8 Å². The molecule has 1 atom stereocenters. The van der Waals surface area contributed by atoms with Crippen LogP contribution in [0.3, 0.4) is 0 Å². The van der Waals surface area contributed by atoms with Crippen molar-refractivity contribution in [3.05, 3.63) is 48.0 Å². The molecule has 2 heterocycles. The Balaban J connectivity index is 1.31. The Bertz CT molecular complexity index is 954. The number of ether oxygens (including phenoxy) is 5. The van der Waals surface area contributed by atoms with Gasteiger partial charge in [-0.1, -0.05) is 6.07 Å². The first-order chi connectivity index (χ1) is 13.6. The van der Waals surface area contributed by atoms with Gasteiger partial charge in [0.15, 0.2) is 29.1 Å². The quantitative estimate of drug-likeness (QED) is 0.627. The first-order valence-electron chi connectivity index (χ1n) is 8.57. The number of esters is 1. The Morgan fingerprint density at radius 3 is 2.36 bits per heavy atom. The molecule has 0 radical (unpaired) electrons. The number of amides is 1. The van der Waals surface area contributed by atoms with E-state index in [-0.39, 0.29) is 13.6 Å². The van der Waals surface area contributed by atoms with Crippen LogP contribution in [0.5, 0.6) is 23.0 Å². The summed E-state index contributed by atoms with van der Waals surface area (Å²) in [6, 6.07) is 10.3. The predicted molar refractivity (Wildman–Crippen MR) is 98.3 cm³/mol. The largest absolute Gasteiger partial charge is 0.454 e. The van der Waals surface area contributed by atoms with Crippen LogP contribution < -0.4 is 24.3 Å². The molecule has 8 heteroatoms. The van der Waals surface area contributed by atoms with Gasteiger partial charge in [-0.15, -0.1) is 0 Å². The Hall–Kier alpha value is -3.68. The average molecular weight is 383 g/mol.